The lowest BCUT2D eigenvalue weighted by molar-refractivity contribution is 0.554. The van der Waals surface area contributed by atoms with Crippen molar-refractivity contribution in [1.82, 2.24) is 9.97 Å². The second kappa shape index (κ2) is 6.43. The third-order valence-electron chi connectivity index (χ3n) is 2.54. The van der Waals surface area contributed by atoms with Crippen molar-refractivity contribution in [3.8, 4) is 0 Å². The Morgan fingerprint density at radius 1 is 1.44 bits per heavy atom. The summed E-state index contributed by atoms with van der Waals surface area (Å²) in [4.78, 5) is 10.6. The number of rotatable bonds is 6. The van der Waals surface area contributed by atoms with Crippen molar-refractivity contribution in [3.63, 3.8) is 0 Å². The third-order valence-corrected chi connectivity index (χ3v) is 2.54. The topological polar surface area (TPSA) is 55.0 Å². The Balaban J connectivity index is 2.48. The molecule has 16 heavy (non-hydrogen) atoms. The molecular formula is C12H22N4. The molecule has 0 saturated carbocycles. The minimum atomic E-state index is 0.397. The summed E-state index contributed by atoms with van der Waals surface area (Å²) < 4.78 is 0. The van der Waals surface area contributed by atoms with Gasteiger partial charge >= 0.3 is 0 Å². The first kappa shape index (κ1) is 12.9. The van der Waals surface area contributed by atoms with E-state index in [0.29, 0.717) is 12.4 Å². The fraction of sp³-hybridized carbons (Fsp3) is 0.667. The molecule has 1 heterocycles. The first-order chi connectivity index (χ1) is 7.63. The van der Waals surface area contributed by atoms with Crippen molar-refractivity contribution in [2.75, 3.05) is 18.5 Å². The van der Waals surface area contributed by atoms with E-state index in [-0.39, 0.29) is 0 Å². The van der Waals surface area contributed by atoms with Gasteiger partial charge in [-0.25, -0.2) is 9.97 Å². The fourth-order valence-electron chi connectivity index (χ4n) is 1.55. The van der Waals surface area contributed by atoms with Crippen LogP contribution in [0, 0.1) is 5.92 Å². The van der Waals surface area contributed by atoms with Crippen LogP contribution in [0.4, 0.5) is 5.82 Å². The molecule has 4 heteroatoms. The lowest BCUT2D eigenvalue weighted by atomic mass is 10.1. The Bertz CT molecular complexity index is 312. The number of nitrogens with zero attached hydrogens (tertiary/aromatic N) is 3. The predicted molar refractivity (Wildman–Crippen MR) is 67.3 cm³/mol. The van der Waals surface area contributed by atoms with Gasteiger partial charge in [-0.05, 0) is 24.8 Å². The van der Waals surface area contributed by atoms with E-state index in [1.807, 2.05) is 6.07 Å². The van der Waals surface area contributed by atoms with Gasteiger partial charge in [-0.3, -0.25) is 0 Å². The average molecular weight is 222 g/mol. The Kier molecular flexibility index (Phi) is 5.19. The maximum atomic E-state index is 5.52. The van der Waals surface area contributed by atoms with E-state index in [4.69, 9.17) is 5.73 Å². The van der Waals surface area contributed by atoms with Gasteiger partial charge in [0, 0.05) is 19.8 Å². The molecule has 0 atom stereocenters. The molecule has 0 saturated heterocycles. The molecular weight excluding hydrogens is 200 g/mol. The molecule has 0 amide bonds. The van der Waals surface area contributed by atoms with E-state index < -0.39 is 0 Å². The highest BCUT2D eigenvalue weighted by Gasteiger charge is 2.04. The largest absolute Gasteiger partial charge is 0.360 e. The molecule has 90 valence electrons. The second-order valence-electron chi connectivity index (χ2n) is 4.49. The lowest BCUT2D eigenvalue weighted by Gasteiger charge is -2.18. The quantitative estimate of drug-likeness (QED) is 0.797. The summed E-state index contributed by atoms with van der Waals surface area (Å²) in [7, 11) is 2.06. The normalized spacial score (nSPS) is 10.8. The van der Waals surface area contributed by atoms with Gasteiger partial charge in [0.05, 0.1) is 6.54 Å². The van der Waals surface area contributed by atoms with Crippen molar-refractivity contribution >= 4 is 5.82 Å². The number of anilines is 1. The molecule has 1 rings (SSSR count). The van der Waals surface area contributed by atoms with Crippen LogP contribution < -0.4 is 10.6 Å². The Hall–Kier alpha value is -1.16. The van der Waals surface area contributed by atoms with E-state index >= 15 is 0 Å². The van der Waals surface area contributed by atoms with E-state index in [1.54, 1.807) is 6.20 Å². The van der Waals surface area contributed by atoms with E-state index in [1.165, 1.54) is 12.8 Å². The molecule has 0 aromatic carbocycles. The predicted octanol–water partition coefficient (Wildman–Crippen LogP) is 1.81. The van der Waals surface area contributed by atoms with Crippen LogP contribution in [-0.4, -0.2) is 23.6 Å². The monoisotopic (exact) mass is 222 g/mol. The van der Waals surface area contributed by atoms with Gasteiger partial charge in [0.15, 0.2) is 0 Å². The summed E-state index contributed by atoms with van der Waals surface area (Å²) in [5, 5.41) is 0. The molecule has 0 radical (unpaired) electrons. The zero-order chi connectivity index (χ0) is 12.0. The highest BCUT2D eigenvalue weighted by Crippen LogP contribution is 2.10. The molecule has 0 aliphatic rings. The van der Waals surface area contributed by atoms with Crippen molar-refractivity contribution in [3.05, 3.63) is 18.1 Å². The van der Waals surface area contributed by atoms with E-state index in [0.717, 1.165) is 18.3 Å². The molecule has 1 aromatic heterocycles. The molecule has 0 aliphatic carbocycles. The Labute approximate surface area is 97.9 Å². The zero-order valence-electron chi connectivity index (χ0n) is 10.5. The fourth-order valence-corrected chi connectivity index (χ4v) is 1.55. The van der Waals surface area contributed by atoms with Crippen molar-refractivity contribution < 1.29 is 0 Å². The minimum Gasteiger partial charge on any atom is -0.360 e. The number of nitrogens with two attached hydrogens (primary N) is 1. The van der Waals surface area contributed by atoms with Crippen molar-refractivity contribution in [2.45, 2.75) is 33.2 Å². The summed E-state index contributed by atoms with van der Waals surface area (Å²) in [5.41, 5.74) is 5.52. The number of hydrogen-bond acceptors (Lipinski definition) is 4. The highest BCUT2D eigenvalue weighted by molar-refractivity contribution is 5.35. The highest BCUT2D eigenvalue weighted by atomic mass is 15.2. The number of aromatic nitrogens is 2. The standard InChI is InChI=1S/C12H22N4/c1-10(2)5-4-8-16(3)12-6-7-14-11(9-13)15-12/h6-7,10H,4-5,8-9,13H2,1-3H3. The molecule has 2 N–H and O–H groups in total. The van der Waals surface area contributed by atoms with E-state index in [9.17, 15) is 0 Å². The molecule has 0 fully saturated rings. The molecule has 0 spiro atoms. The van der Waals surface area contributed by atoms with Crippen LogP contribution in [0.3, 0.4) is 0 Å². The minimum absolute atomic E-state index is 0.397. The van der Waals surface area contributed by atoms with Crippen molar-refractivity contribution in [2.24, 2.45) is 11.7 Å². The van der Waals surface area contributed by atoms with Crippen LogP contribution in [0.25, 0.3) is 0 Å². The first-order valence-electron chi connectivity index (χ1n) is 5.86. The van der Waals surface area contributed by atoms with Crippen LogP contribution in [0.2, 0.25) is 0 Å². The molecule has 0 unspecified atom stereocenters. The van der Waals surface area contributed by atoms with Gasteiger partial charge in [-0.2, -0.15) is 0 Å². The zero-order valence-corrected chi connectivity index (χ0v) is 10.5. The summed E-state index contributed by atoms with van der Waals surface area (Å²) >= 11 is 0. The van der Waals surface area contributed by atoms with E-state index in [2.05, 4.69) is 35.8 Å². The summed E-state index contributed by atoms with van der Waals surface area (Å²) in [6.07, 6.45) is 4.21. The van der Waals surface area contributed by atoms with Crippen LogP contribution in [0.5, 0.6) is 0 Å². The second-order valence-corrected chi connectivity index (χ2v) is 4.49. The van der Waals surface area contributed by atoms with Crippen LogP contribution in [0.1, 0.15) is 32.5 Å². The van der Waals surface area contributed by atoms with Gasteiger partial charge in [0.1, 0.15) is 11.6 Å². The van der Waals surface area contributed by atoms with Gasteiger partial charge in [0.25, 0.3) is 0 Å². The van der Waals surface area contributed by atoms with Gasteiger partial charge in [0.2, 0.25) is 0 Å². The Morgan fingerprint density at radius 3 is 2.81 bits per heavy atom. The maximum absolute atomic E-state index is 5.52. The third kappa shape index (κ3) is 4.14. The van der Waals surface area contributed by atoms with Gasteiger partial charge < -0.3 is 10.6 Å². The summed E-state index contributed by atoms with van der Waals surface area (Å²) in [6.45, 7) is 5.92. The lowest BCUT2D eigenvalue weighted by Crippen LogP contribution is -2.21. The molecule has 0 aliphatic heterocycles. The molecule has 4 nitrogen and oxygen atoms in total. The summed E-state index contributed by atoms with van der Waals surface area (Å²) in [6, 6.07) is 1.93. The molecule has 1 aromatic rings. The SMILES string of the molecule is CC(C)CCCN(C)c1ccnc(CN)n1. The van der Waals surface area contributed by atoms with Crippen molar-refractivity contribution in [1.29, 1.82) is 0 Å². The van der Waals surface area contributed by atoms with Crippen LogP contribution in [-0.2, 0) is 6.54 Å². The smallest absolute Gasteiger partial charge is 0.144 e. The van der Waals surface area contributed by atoms with Gasteiger partial charge in [-0.1, -0.05) is 13.8 Å². The Morgan fingerprint density at radius 2 is 2.19 bits per heavy atom. The van der Waals surface area contributed by atoms with Crippen LogP contribution >= 0.6 is 0 Å². The summed E-state index contributed by atoms with van der Waals surface area (Å²) in [5.74, 6) is 2.42. The average Bonchev–Trinajstić information content (AvgIpc) is 2.28. The molecule has 0 bridgehead atoms. The first-order valence-corrected chi connectivity index (χ1v) is 5.86. The maximum Gasteiger partial charge on any atom is 0.144 e. The number of hydrogen-bond donors (Lipinski definition) is 1. The van der Waals surface area contributed by atoms with Gasteiger partial charge in [-0.15, -0.1) is 0 Å². The van der Waals surface area contributed by atoms with Crippen LogP contribution in [0.15, 0.2) is 12.3 Å².